The highest BCUT2D eigenvalue weighted by molar-refractivity contribution is 5.42. The topological polar surface area (TPSA) is 50.8 Å². The van der Waals surface area contributed by atoms with Crippen LogP contribution in [-0.2, 0) is 13.0 Å². The van der Waals surface area contributed by atoms with Crippen molar-refractivity contribution in [3.05, 3.63) is 46.8 Å². The number of ether oxygens (including phenoxy) is 1. The number of hydrogen-bond acceptors (Lipinski definition) is 3. The van der Waals surface area contributed by atoms with Crippen LogP contribution in [-0.4, -0.2) is 16.4 Å². The summed E-state index contributed by atoms with van der Waals surface area (Å²) < 4.78 is 7.74. The lowest BCUT2D eigenvalue weighted by Gasteiger charge is -2.08. The van der Waals surface area contributed by atoms with Gasteiger partial charge in [0.2, 0.25) is 0 Å². The van der Waals surface area contributed by atoms with Gasteiger partial charge in [0, 0.05) is 18.7 Å². The minimum Gasteiger partial charge on any atom is -0.492 e. The van der Waals surface area contributed by atoms with E-state index in [1.54, 1.807) is 6.07 Å². The van der Waals surface area contributed by atoms with Gasteiger partial charge < -0.3 is 4.74 Å². The first-order chi connectivity index (χ1) is 10.2. The van der Waals surface area contributed by atoms with Gasteiger partial charge in [0.15, 0.2) is 0 Å². The van der Waals surface area contributed by atoms with E-state index >= 15 is 0 Å². The van der Waals surface area contributed by atoms with Gasteiger partial charge in [-0.3, -0.25) is 4.68 Å². The van der Waals surface area contributed by atoms with E-state index in [1.165, 1.54) is 11.3 Å². The number of nitriles is 1. The molecule has 0 saturated carbocycles. The average molecular weight is 283 g/mol. The summed E-state index contributed by atoms with van der Waals surface area (Å²) in [7, 11) is 0. The summed E-state index contributed by atoms with van der Waals surface area (Å²) in [6, 6.07) is 9.46. The molecule has 1 aromatic heterocycles. The van der Waals surface area contributed by atoms with Crippen LogP contribution in [0, 0.1) is 25.2 Å². The van der Waals surface area contributed by atoms with Crippen LogP contribution < -0.4 is 4.74 Å². The monoisotopic (exact) mass is 283 g/mol. The van der Waals surface area contributed by atoms with Crippen molar-refractivity contribution in [1.82, 2.24) is 9.78 Å². The zero-order valence-electron chi connectivity index (χ0n) is 12.9. The van der Waals surface area contributed by atoms with Gasteiger partial charge in [0.1, 0.15) is 11.8 Å². The molecule has 0 saturated heterocycles. The average Bonchev–Trinajstić information content (AvgIpc) is 2.77. The molecule has 0 atom stereocenters. The van der Waals surface area contributed by atoms with Gasteiger partial charge in [-0.15, -0.1) is 0 Å². The molecule has 0 unspecified atom stereocenters. The van der Waals surface area contributed by atoms with Crippen LogP contribution in [0.15, 0.2) is 24.3 Å². The van der Waals surface area contributed by atoms with Crippen LogP contribution >= 0.6 is 0 Å². The van der Waals surface area contributed by atoms with Crippen molar-refractivity contribution < 1.29 is 4.74 Å². The number of benzene rings is 1. The lowest BCUT2D eigenvalue weighted by Crippen LogP contribution is -2.08. The van der Waals surface area contributed by atoms with Gasteiger partial charge in [-0.25, -0.2) is 0 Å². The molecule has 21 heavy (non-hydrogen) atoms. The molecule has 2 rings (SSSR count). The molecule has 1 aromatic carbocycles. The lowest BCUT2D eigenvalue weighted by atomic mass is 10.1. The summed E-state index contributed by atoms with van der Waals surface area (Å²) in [6.07, 6.45) is 1.88. The Labute approximate surface area is 126 Å². The van der Waals surface area contributed by atoms with Crippen LogP contribution in [0.1, 0.15) is 35.9 Å². The second-order valence-corrected chi connectivity index (χ2v) is 5.04. The fourth-order valence-electron chi connectivity index (χ4n) is 2.54. The third-order valence-electron chi connectivity index (χ3n) is 3.66. The molecule has 2 aromatic rings. The third kappa shape index (κ3) is 3.43. The molecule has 0 N–H and O–H groups in total. The zero-order valence-corrected chi connectivity index (χ0v) is 12.9. The van der Waals surface area contributed by atoms with E-state index in [0.29, 0.717) is 17.9 Å². The van der Waals surface area contributed by atoms with Crippen LogP contribution in [0.25, 0.3) is 0 Å². The van der Waals surface area contributed by atoms with Crippen molar-refractivity contribution in [3.8, 4) is 11.8 Å². The van der Waals surface area contributed by atoms with Crippen LogP contribution in [0.2, 0.25) is 0 Å². The van der Waals surface area contributed by atoms with Crippen LogP contribution in [0.5, 0.6) is 5.75 Å². The highest BCUT2D eigenvalue weighted by Crippen LogP contribution is 2.17. The normalized spacial score (nSPS) is 10.4. The van der Waals surface area contributed by atoms with E-state index in [9.17, 15) is 0 Å². The maximum atomic E-state index is 9.01. The molecule has 4 heteroatoms. The summed E-state index contributed by atoms with van der Waals surface area (Å²) in [6.45, 7) is 7.75. The van der Waals surface area contributed by atoms with Gasteiger partial charge >= 0.3 is 0 Å². The molecule has 0 bridgehead atoms. The van der Waals surface area contributed by atoms with Gasteiger partial charge in [-0.2, -0.15) is 10.4 Å². The Morgan fingerprint density at radius 2 is 2.05 bits per heavy atom. The molecule has 1 heterocycles. The molecule has 4 nitrogen and oxygen atoms in total. The minimum absolute atomic E-state index is 0.580. The summed E-state index contributed by atoms with van der Waals surface area (Å²) in [5.41, 5.74) is 4.28. The van der Waals surface area contributed by atoms with Crippen LogP contribution in [0.3, 0.4) is 0 Å². The first-order valence-corrected chi connectivity index (χ1v) is 7.32. The van der Waals surface area contributed by atoms with E-state index in [0.717, 1.165) is 25.1 Å². The predicted octanol–water partition coefficient (Wildman–Crippen LogP) is 3.40. The van der Waals surface area contributed by atoms with Crippen molar-refractivity contribution in [2.75, 3.05) is 6.61 Å². The highest BCUT2D eigenvalue weighted by atomic mass is 16.5. The quantitative estimate of drug-likeness (QED) is 0.763. The van der Waals surface area contributed by atoms with Crippen molar-refractivity contribution in [2.45, 2.75) is 40.2 Å². The fourth-order valence-corrected chi connectivity index (χ4v) is 2.54. The van der Waals surface area contributed by atoms with Crippen LogP contribution in [0.4, 0.5) is 0 Å². The number of rotatable bonds is 6. The minimum atomic E-state index is 0.580. The molecule has 0 fully saturated rings. The van der Waals surface area contributed by atoms with Crippen molar-refractivity contribution >= 4 is 0 Å². The van der Waals surface area contributed by atoms with E-state index in [2.05, 4.69) is 31.9 Å². The van der Waals surface area contributed by atoms with E-state index in [1.807, 2.05) is 22.9 Å². The first kappa shape index (κ1) is 15.1. The predicted molar refractivity (Wildman–Crippen MR) is 82.3 cm³/mol. The molecule has 0 aliphatic rings. The summed E-state index contributed by atoms with van der Waals surface area (Å²) in [4.78, 5) is 0. The molecule has 0 amide bonds. The van der Waals surface area contributed by atoms with Gasteiger partial charge in [-0.05, 0) is 38.0 Å². The fraction of sp³-hybridized carbons (Fsp3) is 0.412. The smallest absolute Gasteiger partial charge is 0.137 e. The highest BCUT2D eigenvalue weighted by Gasteiger charge is 2.09. The maximum absolute atomic E-state index is 9.01. The molecule has 0 aliphatic carbocycles. The van der Waals surface area contributed by atoms with E-state index < -0.39 is 0 Å². The largest absolute Gasteiger partial charge is 0.492 e. The second kappa shape index (κ2) is 6.94. The van der Waals surface area contributed by atoms with Gasteiger partial charge in [0.25, 0.3) is 0 Å². The Balaban J connectivity index is 1.89. The molecule has 110 valence electrons. The molecule has 0 radical (unpaired) electrons. The lowest BCUT2D eigenvalue weighted by molar-refractivity contribution is 0.297. The second-order valence-electron chi connectivity index (χ2n) is 5.04. The van der Waals surface area contributed by atoms with Gasteiger partial charge in [-0.1, -0.05) is 19.1 Å². The van der Waals surface area contributed by atoms with Crippen molar-refractivity contribution in [3.63, 3.8) is 0 Å². The third-order valence-corrected chi connectivity index (χ3v) is 3.66. The van der Waals surface area contributed by atoms with E-state index in [4.69, 9.17) is 10.00 Å². The van der Waals surface area contributed by atoms with Crippen molar-refractivity contribution in [1.29, 1.82) is 5.26 Å². The molecule has 0 aliphatic heterocycles. The Bertz CT molecular complexity index is 653. The number of nitrogens with zero attached hydrogens (tertiary/aromatic N) is 3. The Kier molecular flexibility index (Phi) is 4.99. The number of aryl methyl sites for hydroxylation is 2. The SMILES string of the molecule is CCc1c(C)nn(CCCOc2ccccc2C#N)c1C. The Morgan fingerprint density at radius 3 is 2.71 bits per heavy atom. The number of para-hydroxylation sites is 1. The van der Waals surface area contributed by atoms with Crippen molar-refractivity contribution in [2.24, 2.45) is 0 Å². The summed E-state index contributed by atoms with van der Waals surface area (Å²) >= 11 is 0. The maximum Gasteiger partial charge on any atom is 0.137 e. The molecule has 0 spiro atoms. The molecular formula is C17H21N3O. The summed E-state index contributed by atoms with van der Waals surface area (Å²) in [5, 5.41) is 13.6. The standard InChI is InChI=1S/C17H21N3O/c1-4-16-13(2)19-20(14(16)3)10-7-11-21-17-9-6-5-8-15(17)12-18/h5-6,8-9H,4,7,10-11H2,1-3H3. The van der Waals surface area contributed by atoms with Gasteiger partial charge in [0.05, 0.1) is 17.9 Å². The number of aromatic nitrogens is 2. The number of hydrogen-bond donors (Lipinski definition) is 0. The first-order valence-electron chi connectivity index (χ1n) is 7.32. The summed E-state index contributed by atoms with van der Waals surface area (Å²) in [5.74, 6) is 0.655. The Morgan fingerprint density at radius 1 is 1.29 bits per heavy atom. The molecular weight excluding hydrogens is 262 g/mol. The Hall–Kier alpha value is -2.28. The van der Waals surface area contributed by atoms with E-state index in [-0.39, 0.29) is 0 Å². The zero-order chi connectivity index (χ0) is 15.2.